The summed E-state index contributed by atoms with van der Waals surface area (Å²) in [6.45, 7) is 0. The van der Waals surface area contributed by atoms with Gasteiger partial charge in [-0.15, -0.1) is 0 Å². The van der Waals surface area contributed by atoms with Crippen LogP contribution in [0.15, 0.2) is 42.7 Å². The molecule has 0 unspecified atom stereocenters. The van der Waals surface area contributed by atoms with Gasteiger partial charge in [0.2, 0.25) is 0 Å². The van der Waals surface area contributed by atoms with Crippen molar-refractivity contribution >= 4 is 11.6 Å². The Bertz CT molecular complexity index is 442. The van der Waals surface area contributed by atoms with Crippen molar-refractivity contribution in [2.24, 2.45) is 0 Å². The summed E-state index contributed by atoms with van der Waals surface area (Å²) in [7, 11) is 0. The molecule has 0 aliphatic carbocycles. The number of halogens is 2. The summed E-state index contributed by atoms with van der Waals surface area (Å²) in [6, 6.07) is 8.02. The van der Waals surface area contributed by atoms with E-state index in [1.165, 1.54) is 12.1 Å². The molecule has 2 aromatic rings. The van der Waals surface area contributed by atoms with Crippen LogP contribution in [0.1, 0.15) is 0 Å². The van der Waals surface area contributed by atoms with Crippen LogP contribution in [-0.4, -0.2) is 4.98 Å². The molecule has 1 heterocycles. The highest BCUT2D eigenvalue weighted by Crippen LogP contribution is 2.27. The Kier molecular flexibility index (Phi) is 2.46. The van der Waals surface area contributed by atoms with E-state index in [1.54, 1.807) is 18.5 Å². The molecule has 70 valence electrons. The van der Waals surface area contributed by atoms with Crippen molar-refractivity contribution in [2.45, 2.75) is 0 Å². The molecule has 0 saturated carbocycles. The van der Waals surface area contributed by atoms with Crippen molar-refractivity contribution in [3.63, 3.8) is 0 Å². The molecule has 14 heavy (non-hydrogen) atoms. The molecule has 3 heteroatoms. The SMILES string of the molecule is Fc1ccc(-c2ccncc2)c(Cl)c1. The summed E-state index contributed by atoms with van der Waals surface area (Å²) in [4.78, 5) is 3.90. The molecule has 1 aromatic heterocycles. The molecule has 0 fully saturated rings. The zero-order valence-electron chi connectivity index (χ0n) is 7.24. The maximum atomic E-state index is 12.8. The van der Waals surface area contributed by atoms with Gasteiger partial charge in [0.15, 0.2) is 0 Å². The number of benzene rings is 1. The van der Waals surface area contributed by atoms with E-state index >= 15 is 0 Å². The molecular weight excluding hydrogens is 201 g/mol. The average molecular weight is 208 g/mol. The van der Waals surface area contributed by atoms with Gasteiger partial charge in [0.1, 0.15) is 5.82 Å². The standard InChI is InChI=1S/C11H7ClFN/c12-11-7-9(13)1-2-10(11)8-3-5-14-6-4-8/h1-7H. The number of aromatic nitrogens is 1. The lowest BCUT2D eigenvalue weighted by Gasteiger charge is -2.03. The third-order valence-electron chi connectivity index (χ3n) is 1.92. The predicted molar refractivity (Wildman–Crippen MR) is 54.6 cm³/mol. The lowest BCUT2D eigenvalue weighted by atomic mass is 10.1. The quantitative estimate of drug-likeness (QED) is 0.697. The largest absolute Gasteiger partial charge is 0.265 e. The van der Waals surface area contributed by atoms with Gasteiger partial charge < -0.3 is 0 Å². The molecule has 0 aliphatic heterocycles. The summed E-state index contributed by atoms with van der Waals surface area (Å²) in [6.07, 6.45) is 3.35. The summed E-state index contributed by atoms with van der Waals surface area (Å²) in [5, 5.41) is 0.413. The van der Waals surface area contributed by atoms with Crippen molar-refractivity contribution < 1.29 is 4.39 Å². The van der Waals surface area contributed by atoms with E-state index < -0.39 is 0 Å². The van der Waals surface area contributed by atoms with Crippen molar-refractivity contribution in [3.05, 3.63) is 53.6 Å². The average Bonchev–Trinajstić information content (AvgIpc) is 2.19. The van der Waals surface area contributed by atoms with Crippen LogP contribution in [-0.2, 0) is 0 Å². The van der Waals surface area contributed by atoms with Crippen LogP contribution in [0.25, 0.3) is 11.1 Å². The van der Waals surface area contributed by atoms with Crippen molar-refractivity contribution in [1.82, 2.24) is 4.98 Å². The summed E-state index contributed by atoms with van der Waals surface area (Å²) < 4.78 is 12.8. The van der Waals surface area contributed by atoms with Crippen LogP contribution in [0.2, 0.25) is 5.02 Å². The van der Waals surface area contributed by atoms with Gasteiger partial charge >= 0.3 is 0 Å². The van der Waals surface area contributed by atoms with Crippen LogP contribution in [0, 0.1) is 5.82 Å². The van der Waals surface area contributed by atoms with Gasteiger partial charge in [-0.2, -0.15) is 0 Å². The van der Waals surface area contributed by atoms with E-state index in [9.17, 15) is 4.39 Å². The molecule has 0 aliphatic rings. The molecule has 0 N–H and O–H groups in total. The van der Waals surface area contributed by atoms with Crippen molar-refractivity contribution in [2.75, 3.05) is 0 Å². The highest BCUT2D eigenvalue weighted by Gasteiger charge is 2.03. The molecular formula is C11H7ClFN. The summed E-state index contributed by atoms with van der Waals surface area (Å²) in [5.41, 5.74) is 1.75. The maximum absolute atomic E-state index is 12.8. The Morgan fingerprint density at radius 2 is 1.79 bits per heavy atom. The topological polar surface area (TPSA) is 12.9 Å². The minimum Gasteiger partial charge on any atom is -0.265 e. The zero-order valence-corrected chi connectivity index (χ0v) is 8.00. The normalized spacial score (nSPS) is 10.1. The fourth-order valence-electron chi connectivity index (χ4n) is 1.26. The Labute approximate surface area is 86.2 Å². The van der Waals surface area contributed by atoms with E-state index in [1.807, 2.05) is 12.1 Å². The highest BCUT2D eigenvalue weighted by molar-refractivity contribution is 6.33. The molecule has 0 radical (unpaired) electrons. The molecule has 0 atom stereocenters. The van der Waals surface area contributed by atoms with E-state index in [0.29, 0.717) is 5.02 Å². The number of hydrogen-bond donors (Lipinski definition) is 0. The predicted octanol–water partition coefficient (Wildman–Crippen LogP) is 3.54. The van der Waals surface area contributed by atoms with Gasteiger partial charge in [-0.3, -0.25) is 4.98 Å². The minimum absolute atomic E-state index is 0.326. The number of rotatable bonds is 1. The number of pyridine rings is 1. The van der Waals surface area contributed by atoms with E-state index in [2.05, 4.69) is 4.98 Å². The van der Waals surface area contributed by atoms with Crippen LogP contribution in [0.5, 0.6) is 0 Å². The van der Waals surface area contributed by atoms with Gasteiger partial charge in [0.05, 0.1) is 5.02 Å². The fraction of sp³-hybridized carbons (Fsp3) is 0. The third kappa shape index (κ3) is 1.75. The van der Waals surface area contributed by atoms with Gasteiger partial charge in [0, 0.05) is 18.0 Å². The molecule has 0 saturated heterocycles. The first-order valence-corrected chi connectivity index (χ1v) is 4.50. The first kappa shape index (κ1) is 9.16. The molecule has 2 rings (SSSR count). The maximum Gasteiger partial charge on any atom is 0.124 e. The Balaban J connectivity index is 2.53. The van der Waals surface area contributed by atoms with Crippen LogP contribution in [0.4, 0.5) is 4.39 Å². The molecule has 0 amide bonds. The van der Waals surface area contributed by atoms with E-state index in [0.717, 1.165) is 11.1 Å². The van der Waals surface area contributed by atoms with Crippen LogP contribution < -0.4 is 0 Å². The summed E-state index contributed by atoms with van der Waals surface area (Å²) >= 11 is 5.90. The Morgan fingerprint density at radius 3 is 2.43 bits per heavy atom. The first-order valence-electron chi connectivity index (χ1n) is 4.13. The van der Waals surface area contributed by atoms with Crippen LogP contribution in [0.3, 0.4) is 0 Å². The Hall–Kier alpha value is -1.41. The molecule has 1 nitrogen and oxygen atoms in total. The van der Waals surface area contributed by atoms with Gasteiger partial charge in [-0.1, -0.05) is 11.6 Å². The molecule has 0 spiro atoms. The lowest BCUT2D eigenvalue weighted by Crippen LogP contribution is -1.81. The number of nitrogens with zero attached hydrogens (tertiary/aromatic N) is 1. The van der Waals surface area contributed by atoms with Gasteiger partial charge in [-0.05, 0) is 35.9 Å². The van der Waals surface area contributed by atoms with Gasteiger partial charge in [0.25, 0.3) is 0 Å². The Morgan fingerprint density at radius 1 is 1.07 bits per heavy atom. The van der Waals surface area contributed by atoms with E-state index in [4.69, 9.17) is 11.6 Å². The van der Waals surface area contributed by atoms with Crippen LogP contribution >= 0.6 is 11.6 Å². The monoisotopic (exact) mass is 207 g/mol. The van der Waals surface area contributed by atoms with E-state index in [-0.39, 0.29) is 5.82 Å². The second kappa shape index (κ2) is 3.76. The molecule has 1 aromatic carbocycles. The number of hydrogen-bond acceptors (Lipinski definition) is 1. The fourth-order valence-corrected chi connectivity index (χ4v) is 1.53. The minimum atomic E-state index is -0.326. The molecule has 0 bridgehead atoms. The highest BCUT2D eigenvalue weighted by atomic mass is 35.5. The third-order valence-corrected chi connectivity index (χ3v) is 2.24. The second-order valence-electron chi connectivity index (χ2n) is 2.86. The summed E-state index contributed by atoms with van der Waals surface area (Å²) in [5.74, 6) is -0.326. The first-order chi connectivity index (χ1) is 6.77. The zero-order chi connectivity index (χ0) is 9.97. The van der Waals surface area contributed by atoms with Crippen molar-refractivity contribution in [1.29, 1.82) is 0 Å². The van der Waals surface area contributed by atoms with Crippen molar-refractivity contribution in [3.8, 4) is 11.1 Å². The lowest BCUT2D eigenvalue weighted by molar-refractivity contribution is 0.628. The smallest absolute Gasteiger partial charge is 0.124 e. The second-order valence-corrected chi connectivity index (χ2v) is 3.27. The van der Waals surface area contributed by atoms with Gasteiger partial charge in [-0.25, -0.2) is 4.39 Å².